The molecule has 1 aliphatic rings. The molecule has 2 heterocycles. The zero-order valence-corrected chi connectivity index (χ0v) is 18.8. The maximum atomic E-state index is 13.9. The molecular weight excluding hydrogens is 436 g/mol. The highest BCUT2D eigenvalue weighted by molar-refractivity contribution is 6.00. The van der Waals surface area contributed by atoms with Crippen LogP contribution in [0.4, 0.5) is 8.78 Å². The lowest BCUT2D eigenvalue weighted by Gasteiger charge is -2.42. The van der Waals surface area contributed by atoms with Crippen molar-refractivity contribution in [2.45, 2.75) is 39.2 Å². The van der Waals surface area contributed by atoms with Crippen LogP contribution in [0.3, 0.4) is 0 Å². The molecule has 1 aliphatic heterocycles. The lowest BCUT2D eigenvalue weighted by Crippen LogP contribution is -2.57. The van der Waals surface area contributed by atoms with Crippen LogP contribution in [0.5, 0.6) is 5.75 Å². The fourth-order valence-corrected chi connectivity index (χ4v) is 3.74. The van der Waals surface area contributed by atoms with Crippen LogP contribution in [0.1, 0.15) is 53.1 Å². The number of Topliss-reactive ketones (excluding diaryl/α,β-unsaturated/α-hetero) is 1. The smallest absolute Gasteiger partial charge is 0.277 e. The highest BCUT2D eigenvalue weighted by Crippen LogP contribution is 2.23. The van der Waals surface area contributed by atoms with Gasteiger partial charge in [0.1, 0.15) is 18.3 Å². The summed E-state index contributed by atoms with van der Waals surface area (Å²) < 4.78 is 33.4. The number of carbonyl (C=O) groups excluding carboxylic acids is 2. The molecule has 3 rings (SSSR count). The maximum absolute atomic E-state index is 13.9. The van der Waals surface area contributed by atoms with Gasteiger partial charge in [-0.25, -0.2) is 8.78 Å². The number of aromatic nitrogens is 1. The third-order valence-corrected chi connectivity index (χ3v) is 5.56. The van der Waals surface area contributed by atoms with E-state index in [-0.39, 0.29) is 42.4 Å². The van der Waals surface area contributed by atoms with Gasteiger partial charge in [0.05, 0.1) is 5.56 Å². The van der Waals surface area contributed by atoms with Crippen molar-refractivity contribution in [1.82, 2.24) is 9.58 Å². The molecule has 1 amide bonds. The van der Waals surface area contributed by atoms with Crippen molar-refractivity contribution in [2.24, 2.45) is 0 Å². The first-order valence-electron chi connectivity index (χ1n) is 10.7. The summed E-state index contributed by atoms with van der Waals surface area (Å²) in [5.41, 5.74) is -1.33. The Labute approximate surface area is 190 Å². The summed E-state index contributed by atoms with van der Waals surface area (Å²) in [6.07, 6.45) is 1.56. The first-order chi connectivity index (χ1) is 15.6. The Morgan fingerprint density at radius 2 is 1.97 bits per heavy atom. The SMILES string of the molecule is COCCCN1CN(C(C)C)n2cc(C(=O)CCc3ccc(F)cc3F)c(=O)c(O)c2C1=O. The number of rotatable bonds is 9. The van der Waals surface area contributed by atoms with Gasteiger partial charge in [-0.15, -0.1) is 0 Å². The maximum Gasteiger partial charge on any atom is 0.277 e. The predicted octanol–water partition coefficient (Wildman–Crippen LogP) is 2.44. The van der Waals surface area contributed by atoms with Crippen molar-refractivity contribution >= 4 is 11.7 Å². The number of amides is 1. The van der Waals surface area contributed by atoms with Gasteiger partial charge in [0.25, 0.3) is 5.91 Å². The highest BCUT2D eigenvalue weighted by atomic mass is 19.1. The number of pyridine rings is 1. The fourth-order valence-electron chi connectivity index (χ4n) is 3.74. The van der Waals surface area contributed by atoms with Gasteiger partial charge in [0.2, 0.25) is 5.43 Å². The molecule has 178 valence electrons. The molecule has 10 heteroatoms. The number of fused-ring (bicyclic) bond motifs is 1. The van der Waals surface area contributed by atoms with E-state index in [1.807, 2.05) is 13.8 Å². The van der Waals surface area contributed by atoms with Gasteiger partial charge >= 0.3 is 0 Å². The van der Waals surface area contributed by atoms with E-state index >= 15 is 0 Å². The number of aryl methyl sites for hydroxylation is 1. The Hall–Kier alpha value is -3.27. The second-order valence-corrected chi connectivity index (χ2v) is 8.16. The van der Waals surface area contributed by atoms with E-state index < -0.39 is 34.5 Å². The van der Waals surface area contributed by atoms with Gasteiger partial charge < -0.3 is 14.7 Å². The molecule has 0 atom stereocenters. The molecular formula is C23H27F2N3O5. The van der Waals surface area contributed by atoms with Gasteiger partial charge in [-0.1, -0.05) is 6.07 Å². The molecule has 0 bridgehead atoms. The van der Waals surface area contributed by atoms with Crippen molar-refractivity contribution in [3.05, 3.63) is 63.1 Å². The summed E-state index contributed by atoms with van der Waals surface area (Å²) in [6.45, 7) is 4.77. The molecule has 1 aromatic heterocycles. The Morgan fingerprint density at radius 1 is 1.24 bits per heavy atom. The predicted molar refractivity (Wildman–Crippen MR) is 117 cm³/mol. The van der Waals surface area contributed by atoms with Crippen molar-refractivity contribution < 1.29 is 28.2 Å². The van der Waals surface area contributed by atoms with Gasteiger partial charge in [0.15, 0.2) is 17.2 Å². The molecule has 0 fully saturated rings. The third kappa shape index (κ3) is 5.05. The zero-order valence-electron chi connectivity index (χ0n) is 18.8. The third-order valence-electron chi connectivity index (χ3n) is 5.56. The normalized spacial score (nSPS) is 13.6. The van der Waals surface area contributed by atoms with Crippen LogP contribution < -0.4 is 10.4 Å². The number of hydrogen-bond donors (Lipinski definition) is 1. The highest BCUT2D eigenvalue weighted by Gasteiger charge is 2.34. The minimum absolute atomic E-state index is 0.0486. The number of nitrogens with zero attached hydrogens (tertiary/aromatic N) is 3. The van der Waals surface area contributed by atoms with Crippen LogP contribution in [-0.2, 0) is 11.2 Å². The Bertz CT molecular complexity index is 1120. The monoisotopic (exact) mass is 463 g/mol. The summed E-state index contributed by atoms with van der Waals surface area (Å²) in [5.74, 6) is -3.45. The molecule has 0 spiro atoms. The Kier molecular flexibility index (Phi) is 7.47. The lowest BCUT2D eigenvalue weighted by atomic mass is 10.0. The van der Waals surface area contributed by atoms with Gasteiger partial charge in [-0.2, -0.15) is 0 Å². The number of ketones is 1. The molecule has 33 heavy (non-hydrogen) atoms. The summed E-state index contributed by atoms with van der Waals surface area (Å²) in [5, 5.41) is 12.4. The van der Waals surface area contributed by atoms with Crippen LogP contribution in [0.25, 0.3) is 0 Å². The van der Waals surface area contributed by atoms with Crippen LogP contribution in [0.2, 0.25) is 0 Å². The van der Waals surface area contributed by atoms with E-state index in [0.717, 1.165) is 12.1 Å². The average Bonchev–Trinajstić information content (AvgIpc) is 2.76. The van der Waals surface area contributed by atoms with Crippen LogP contribution in [0.15, 0.2) is 29.2 Å². The van der Waals surface area contributed by atoms with E-state index in [9.17, 15) is 28.3 Å². The Balaban J connectivity index is 1.92. The molecule has 1 aromatic carbocycles. The van der Waals surface area contributed by atoms with Crippen molar-refractivity contribution in [3.8, 4) is 5.75 Å². The molecule has 8 nitrogen and oxygen atoms in total. The second kappa shape index (κ2) is 10.1. The standard InChI is InChI=1S/C23H27F2N3O5/c1-14(2)28-13-26(9-4-10-33-3)23(32)20-22(31)21(30)17(12-27(20)28)19(29)8-6-15-5-7-16(24)11-18(15)25/h5,7,11-12,14,31H,4,6,8-10,13H2,1-3H3. The first-order valence-corrected chi connectivity index (χ1v) is 10.7. The van der Waals surface area contributed by atoms with E-state index in [2.05, 4.69) is 0 Å². The van der Waals surface area contributed by atoms with E-state index in [1.54, 1.807) is 12.1 Å². The van der Waals surface area contributed by atoms with Gasteiger partial charge in [0, 0.05) is 45.0 Å². The number of aromatic hydroxyl groups is 1. The number of halogens is 2. The molecule has 2 aromatic rings. The molecule has 0 aliphatic carbocycles. The summed E-state index contributed by atoms with van der Waals surface area (Å²) in [4.78, 5) is 40.1. The van der Waals surface area contributed by atoms with Crippen molar-refractivity contribution in [2.75, 3.05) is 31.9 Å². The number of ether oxygens (including phenoxy) is 1. The van der Waals surface area contributed by atoms with Crippen LogP contribution in [0, 0.1) is 11.6 Å². The average molecular weight is 463 g/mol. The van der Waals surface area contributed by atoms with Crippen molar-refractivity contribution in [3.63, 3.8) is 0 Å². The van der Waals surface area contributed by atoms with Crippen molar-refractivity contribution in [1.29, 1.82) is 0 Å². The van der Waals surface area contributed by atoms with Gasteiger partial charge in [-0.05, 0) is 38.3 Å². The topological polar surface area (TPSA) is 92.1 Å². The minimum Gasteiger partial charge on any atom is -0.502 e. The zero-order chi connectivity index (χ0) is 24.3. The summed E-state index contributed by atoms with van der Waals surface area (Å²) in [6, 6.07) is 2.93. The number of hydrogen-bond acceptors (Lipinski definition) is 6. The Morgan fingerprint density at radius 3 is 2.61 bits per heavy atom. The fraction of sp³-hybridized carbons (Fsp3) is 0.435. The summed E-state index contributed by atoms with van der Waals surface area (Å²) in [7, 11) is 1.56. The molecule has 0 unspecified atom stereocenters. The van der Waals surface area contributed by atoms with E-state index in [0.29, 0.717) is 19.6 Å². The van der Waals surface area contributed by atoms with Crippen LogP contribution in [-0.4, -0.2) is 59.3 Å². The minimum atomic E-state index is -0.957. The van der Waals surface area contributed by atoms with E-state index in [1.165, 1.54) is 21.8 Å². The number of benzene rings is 1. The van der Waals surface area contributed by atoms with Crippen LogP contribution >= 0.6 is 0 Å². The lowest BCUT2D eigenvalue weighted by molar-refractivity contribution is 0.0658. The molecule has 0 saturated carbocycles. The molecule has 1 N–H and O–H groups in total. The first kappa shape index (κ1) is 24.4. The number of carbonyl (C=O) groups is 2. The quantitative estimate of drug-likeness (QED) is 0.454. The van der Waals surface area contributed by atoms with E-state index in [4.69, 9.17) is 4.74 Å². The number of methoxy groups -OCH3 is 1. The second-order valence-electron chi connectivity index (χ2n) is 8.16. The largest absolute Gasteiger partial charge is 0.502 e. The summed E-state index contributed by atoms with van der Waals surface area (Å²) >= 11 is 0. The molecule has 0 saturated heterocycles. The van der Waals surface area contributed by atoms with Gasteiger partial charge in [-0.3, -0.25) is 24.1 Å². The molecule has 0 radical (unpaired) electrons.